The van der Waals surface area contributed by atoms with Crippen molar-refractivity contribution in [3.8, 4) is 11.5 Å². The number of aromatic carboxylic acids is 1. The molecule has 98 valence electrons. The van der Waals surface area contributed by atoms with Gasteiger partial charge in [-0.25, -0.2) is 9.78 Å². The van der Waals surface area contributed by atoms with Crippen molar-refractivity contribution >= 4 is 5.97 Å². The maximum atomic E-state index is 10.8. The first-order valence-corrected chi connectivity index (χ1v) is 5.64. The largest absolute Gasteiger partial charge is 0.497 e. The van der Waals surface area contributed by atoms with Gasteiger partial charge in [0.2, 0.25) is 0 Å². The van der Waals surface area contributed by atoms with Gasteiger partial charge in [-0.2, -0.15) is 0 Å². The van der Waals surface area contributed by atoms with E-state index in [0.717, 1.165) is 11.3 Å². The Morgan fingerprint density at radius 3 is 2.58 bits per heavy atom. The number of nitrogens with zero attached hydrogens (tertiary/aromatic N) is 1. The summed E-state index contributed by atoms with van der Waals surface area (Å²) in [5.41, 5.74) is 0.932. The van der Waals surface area contributed by atoms with Crippen LogP contribution in [0.5, 0.6) is 11.5 Å². The van der Waals surface area contributed by atoms with Crippen LogP contribution >= 0.6 is 0 Å². The highest BCUT2D eigenvalue weighted by Gasteiger charge is 2.05. The van der Waals surface area contributed by atoms with Crippen molar-refractivity contribution in [3.63, 3.8) is 0 Å². The molecule has 2 aromatic rings. The van der Waals surface area contributed by atoms with Gasteiger partial charge in [-0.05, 0) is 23.8 Å². The molecule has 1 N–H and O–H groups in total. The lowest BCUT2D eigenvalue weighted by molar-refractivity contribution is 0.0690. The van der Waals surface area contributed by atoms with Gasteiger partial charge < -0.3 is 14.6 Å². The van der Waals surface area contributed by atoms with Gasteiger partial charge in [0.25, 0.3) is 0 Å². The molecule has 1 aromatic carbocycles. The van der Waals surface area contributed by atoms with Crippen LogP contribution in [0.25, 0.3) is 0 Å². The predicted molar refractivity (Wildman–Crippen MR) is 68.5 cm³/mol. The zero-order chi connectivity index (χ0) is 13.7. The summed E-state index contributed by atoms with van der Waals surface area (Å²) < 4.78 is 10.6. The van der Waals surface area contributed by atoms with Crippen LogP contribution < -0.4 is 9.47 Å². The fourth-order valence-corrected chi connectivity index (χ4v) is 1.51. The van der Waals surface area contributed by atoms with E-state index in [1.807, 2.05) is 24.3 Å². The summed E-state index contributed by atoms with van der Waals surface area (Å²) in [5.74, 6) is 0.180. The van der Waals surface area contributed by atoms with E-state index in [1.165, 1.54) is 12.3 Å². The van der Waals surface area contributed by atoms with Crippen molar-refractivity contribution in [3.05, 3.63) is 53.9 Å². The molecule has 0 amide bonds. The van der Waals surface area contributed by atoms with E-state index in [4.69, 9.17) is 14.6 Å². The topological polar surface area (TPSA) is 68.7 Å². The number of carboxylic acid groups (broad SMARTS) is 1. The minimum Gasteiger partial charge on any atom is -0.497 e. The molecule has 19 heavy (non-hydrogen) atoms. The van der Waals surface area contributed by atoms with E-state index < -0.39 is 5.97 Å². The van der Waals surface area contributed by atoms with Crippen molar-refractivity contribution in [2.45, 2.75) is 6.61 Å². The summed E-state index contributed by atoms with van der Waals surface area (Å²) in [5, 5.41) is 8.82. The molecule has 0 saturated carbocycles. The minimum absolute atomic E-state index is 0.0350. The number of pyridine rings is 1. The molecule has 1 heterocycles. The highest BCUT2D eigenvalue weighted by atomic mass is 16.5. The molecule has 0 aliphatic carbocycles. The van der Waals surface area contributed by atoms with Gasteiger partial charge >= 0.3 is 5.97 Å². The van der Waals surface area contributed by atoms with Crippen LogP contribution in [0.2, 0.25) is 0 Å². The molecule has 0 saturated heterocycles. The van der Waals surface area contributed by atoms with E-state index >= 15 is 0 Å². The monoisotopic (exact) mass is 259 g/mol. The lowest BCUT2D eigenvalue weighted by Gasteiger charge is -2.07. The van der Waals surface area contributed by atoms with Crippen LogP contribution in [0.3, 0.4) is 0 Å². The Hall–Kier alpha value is -2.56. The Balaban J connectivity index is 2.01. The molecule has 0 fully saturated rings. The van der Waals surface area contributed by atoms with Gasteiger partial charge in [0.1, 0.15) is 18.1 Å². The van der Waals surface area contributed by atoms with Crippen LogP contribution in [0.15, 0.2) is 42.6 Å². The highest BCUT2D eigenvalue weighted by Crippen LogP contribution is 2.15. The number of hydrogen-bond donors (Lipinski definition) is 1. The maximum absolute atomic E-state index is 10.8. The SMILES string of the molecule is COc1ccc(COc2ccnc(C(=O)O)c2)cc1. The molecular formula is C14H13NO4. The van der Waals surface area contributed by atoms with E-state index in [-0.39, 0.29) is 5.69 Å². The van der Waals surface area contributed by atoms with E-state index in [1.54, 1.807) is 13.2 Å². The van der Waals surface area contributed by atoms with Crippen LogP contribution in [0, 0.1) is 0 Å². The molecule has 0 aliphatic rings. The summed E-state index contributed by atoms with van der Waals surface area (Å²) in [7, 11) is 1.61. The molecule has 5 nitrogen and oxygen atoms in total. The second kappa shape index (κ2) is 5.86. The van der Waals surface area contributed by atoms with E-state index in [2.05, 4.69) is 4.98 Å². The van der Waals surface area contributed by atoms with Crippen LogP contribution in [0.1, 0.15) is 16.1 Å². The molecular weight excluding hydrogens is 246 g/mol. The van der Waals surface area contributed by atoms with Gasteiger partial charge in [-0.1, -0.05) is 12.1 Å². The minimum atomic E-state index is -1.07. The normalized spacial score (nSPS) is 9.95. The molecule has 0 radical (unpaired) electrons. The predicted octanol–water partition coefficient (Wildman–Crippen LogP) is 2.37. The van der Waals surface area contributed by atoms with E-state index in [9.17, 15) is 4.79 Å². The number of ether oxygens (including phenoxy) is 2. The summed E-state index contributed by atoms with van der Waals surface area (Å²) in [6, 6.07) is 10.5. The number of aromatic nitrogens is 1. The van der Waals surface area contributed by atoms with Crippen molar-refractivity contribution in [1.82, 2.24) is 4.98 Å². The van der Waals surface area contributed by atoms with Gasteiger partial charge in [0, 0.05) is 12.3 Å². The Morgan fingerprint density at radius 2 is 1.95 bits per heavy atom. The first kappa shape index (κ1) is 12.9. The highest BCUT2D eigenvalue weighted by molar-refractivity contribution is 5.85. The first-order chi connectivity index (χ1) is 9.19. The number of methoxy groups -OCH3 is 1. The third-order valence-corrected chi connectivity index (χ3v) is 2.52. The maximum Gasteiger partial charge on any atom is 0.354 e. The van der Waals surface area contributed by atoms with Crippen molar-refractivity contribution < 1.29 is 19.4 Å². The van der Waals surface area contributed by atoms with Gasteiger partial charge in [0.15, 0.2) is 5.69 Å². The average molecular weight is 259 g/mol. The molecule has 1 aromatic heterocycles. The first-order valence-electron chi connectivity index (χ1n) is 5.64. The van der Waals surface area contributed by atoms with Gasteiger partial charge in [0.05, 0.1) is 7.11 Å². The Kier molecular flexibility index (Phi) is 3.97. The van der Waals surface area contributed by atoms with Gasteiger partial charge in [-0.15, -0.1) is 0 Å². The molecule has 0 atom stereocenters. The van der Waals surface area contributed by atoms with Crippen LogP contribution in [0.4, 0.5) is 0 Å². The zero-order valence-electron chi connectivity index (χ0n) is 10.4. The molecule has 0 spiro atoms. The lowest BCUT2D eigenvalue weighted by Crippen LogP contribution is -2.01. The van der Waals surface area contributed by atoms with Crippen molar-refractivity contribution in [2.75, 3.05) is 7.11 Å². The molecule has 5 heteroatoms. The fourth-order valence-electron chi connectivity index (χ4n) is 1.51. The average Bonchev–Trinajstić information content (AvgIpc) is 2.46. The van der Waals surface area contributed by atoms with Crippen molar-refractivity contribution in [1.29, 1.82) is 0 Å². The third-order valence-electron chi connectivity index (χ3n) is 2.52. The number of carboxylic acids is 1. The van der Waals surface area contributed by atoms with E-state index in [0.29, 0.717) is 12.4 Å². The Bertz CT molecular complexity index is 566. The summed E-state index contributed by atoms with van der Waals surface area (Å²) in [6.07, 6.45) is 1.41. The second-order valence-electron chi connectivity index (χ2n) is 3.82. The molecule has 0 unspecified atom stereocenters. The standard InChI is InChI=1S/C14H13NO4/c1-18-11-4-2-10(3-5-11)9-19-12-6-7-15-13(8-12)14(16)17/h2-8H,9H2,1H3,(H,16,17). The summed E-state index contributed by atoms with van der Waals surface area (Å²) >= 11 is 0. The van der Waals surface area contributed by atoms with Crippen molar-refractivity contribution in [2.24, 2.45) is 0 Å². The fraction of sp³-hybridized carbons (Fsp3) is 0.143. The number of rotatable bonds is 5. The quantitative estimate of drug-likeness (QED) is 0.892. The number of carbonyl (C=O) groups is 1. The van der Waals surface area contributed by atoms with Crippen LogP contribution in [-0.4, -0.2) is 23.2 Å². The summed E-state index contributed by atoms with van der Waals surface area (Å²) in [4.78, 5) is 14.5. The van der Waals surface area contributed by atoms with Crippen LogP contribution in [-0.2, 0) is 6.61 Å². The number of benzene rings is 1. The second-order valence-corrected chi connectivity index (χ2v) is 3.82. The molecule has 2 rings (SSSR count). The smallest absolute Gasteiger partial charge is 0.354 e. The molecule has 0 aliphatic heterocycles. The summed E-state index contributed by atoms with van der Waals surface area (Å²) in [6.45, 7) is 0.354. The zero-order valence-corrected chi connectivity index (χ0v) is 10.4. The Labute approximate surface area is 110 Å². The molecule has 0 bridgehead atoms. The van der Waals surface area contributed by atoms with Gasteiger partial charge in [-0.3, -0.25) is 0 Å². The Morgan fingerprint density at radius 1 is 1.21 bits per heavy atom. The number of hydrogen-bond acceptors (Lipinski definition) is 4. The lowest BCUT2D eigenvalue weighted by atomic mass is 10.2. The third kappa shape index (κ3) is 3.45.